The third-order valence-corrected chi connectivity index (χ3v) is 4.82. The number of esters is 1. The lowest BCUT2D eigenvalue weighted by Crippen LogP contribution is -2.31. The summed E-state index contributed by atoms with van der Waals surface area (Å²) in [5.74, 6) is -0.259. The SMILES string of the molecule is CC/C=C\C/C=C/C=C/CCCCCC[C@]1(C)C[C@@](C)(CC(=O)OC)OO1. The van der Waals surface area contributed by atoms with Crippen molar-refractivity contribution in [1.82, 2.24) is 0 Å². The van der Waals surface area contributed by atoms with Crippen LogP contribution >= 0.6 is 0 Å². The molecule has 0 N–H and O–H groups in total. The average molecular weight is 379 g/mol. The fourth-order valence-electron chi connectivity index (χ4n) is 3.44. The Kier molecular flexibility index (Phi) is 11.3. The Morgan fingerprint density at radius 3 is 2.41 bits per heavy atom. The van der Waals surface area contributed by atoms with Crippen LogP contribution in [0.5, 0.6) is 0 Å². The lowest BCUT2D eigenvalue weighted by atomic mass is 9.85. The van der Waals surface area contributed by atoms with Crippen LogP contribution < -0.4 is 0 Å². The van der Waals surface area contributed by atoms with Crippen molar-refractivity contribution in [3.05, 3.63) is 36.5 Å². The van der Waals surface area contributed by atoms with E-state index in [0.29, 0.717) is 0 Å². The zero-order valence-electron chi connectivity index (χ0n) is 17.7. The van der Waals surface area contributed by atoms with Crippen LogP contribution in [-0.2, 0) is 19.3 Å². The van der Waals surface area contributed by atoms with Gasteiger partial charge in [-0.2, -0.15) is 0 Å². The van der Waals surface area contributed by atoms with Crippen molar-refractivity contribution in [2.24, 2.45) is 0 Å². The van der Waals surface area contributed by atoms with Gasteiger partial charge in [-0.3, -0.25) is 4.79 Å². The van der Waals surface area contributed by atoms with E-state index in [1.165, 1.54) is 26.4 Å². The molecule has 0 spiro atoms. The van der Waals surface area contributed by atoms with Crippen molar-refractivity contribution < 1.29 is 19.3 Å². The van der Waals surface area contributed by atoms with E-state index in [1.54, 1.807) is 0 Å². The van der Waals surface area contributed by atoms with Gasteiger partial charge in [0, 0.05) is 6.42 Å². The molecule has 4 nitrogen and oxygen atoms in total. The van der Waals surface area contributed by atoms with Gasteiger partial charge in [0.25, 0.3) is 0 Å². The Morgan fingerprint density at radius 2 is 1.67 bits per heavy atom. The van der Waals surface area contributed by atoms with Gasteiger partial charge in [0.15, 0.2) is 0 Å². The van der Waals surface area contributed by atoms with E-state index >= 15 is 0 Å². The second kappa shape index (κ2) is 12.9. The van der Waals surface area contributed by atoms with Crippen LogP contribution in [0.3, 0.4) is 0 Å². The van der Waals surface area contributed by atoms with Gasteiger partial charge in [0.1, 0.15) is 11.2 Å². The molecule has 0 aromatic carbocycles. The highest BCUT2D eigenvalue weighted by atomic mass is 17.2. The Balaban J connectivity index is 2.09. The molecule has 1 aliphatic heterocycles. The second-order valence-electron chi connectivity index (χ2n) is 7.92. The fourth-order valence-corrected chi connectivity index (χ4v) is 3.44. The summed E-state index contributed by atoms with van der Waals surface area (Å²) in [6, 6.07) is 0. The predicted octanol–water partition coefficient (Wildman–Crippen LogP) is 6.23. The maximum Gasteiger partial charge on any atom is 0.308 e. The fraction of sp³-hybridized carbons (Fsp3) is 0.696. The minimum Gasteiger partial charge on any atom is -0.469 e. The highest BCUT2D eigenvalue weighted by molar-refractivity contribution is 5.70. The summed E-state index contributed by atoms with van der Waals surface area (Å²) >= 11 is 0. The second-order valence-corrected chi connectivity index (χ2v) is 7.92. The van der Waals surface area contributed by atoms with Gasteiger partial charge in [0.05, 0.1) is 13.5 Å². The molecule has 1 heterocycles. The van der Waals surface area contributed by atoms with Crippen LogP contribution in [0.2, 0.25) is 0 Å². The first kappa shape index (κ1) is 23.6. The summed E-state index contributed by atoms with van der Waals surface area (Å²) in [5.41, 5.74) is -0.883. The third-order valence-electron chi connectivity index (χ3n) is 4.82. The third kappa shape index (κ3) is 10.5. The number of ether oxygens (including phenoxy) is 1. The number of rotatable bonds is 13. The standard InChI is InChI=1S/C23H38O4/c1-5-6-7-8-9-10-11-12-13-14-15-16-17-18-22(2)20-23(3,27-26-22)19-21(24)25-4/h6-7,9-12H,5,8,13-20H2,1-4H3/b7-6-,10-9+,12-11+/t22-,23-/m1/s1. The van der Waals surface area contributed by atoms with E-state index in [4.69, 9.17) is 14.5 Å². The molecule has 154 valence electrons. The van der Waals surface area contributed by atoms with Crippen LogP contribution in [0.25, 0.3) is 0 Å². The molecule has 1 aliphatic rings. The predicted molar refractivity (Wildman–Crippen MR) is 110 cm³/mol. The molecule has 0 aliphatic carbocycles. The smallest absolute Gasteiger partial charge is 0.308 e. The first-order valence-electron chi connectivity index (χ1n) is 10.3. The van der Waals surface area contributed by atoms with Crippen molar-refractivity contribution in [3.8, 4) is 0 Å². The Bertz CT molecular complexity index is 509. The lowest BCUT2D eigenvalue weighted by Gasteiger charge is -2.22. The number of hydrogen-bond acceptors (Lipinski definition) is 4. The Hall–Kier alpha value is -1.39. The van der Waals surface area contributed by atoms with Crippen LogP contribution in [0.15, 0.2) is 36.5 Å². The van der Waals surface area contributed by atoms with Gasteiger partial charge in [-0.05, 0) is 46.0 Å². The molecule has 4 heteroatoms. The zero-order valence-corrected chi connectivity index (χ0v) is 17.7. The summed E-state index contributed by atoms with van der Waals surface area (Å²) in [4.78, 5) is 22.5. The van der Waals surface area contributed by atoms with Gasteiger partial charge in [-0.25, -0.2) is 9.78 Å². The summed E-state index contributed by atoms with van der Waals surface area (Å²) in [7, 11) is 1.40. The average Bonchev–Trinajstić information content (AvgIpc) is 2.93. The molecular weight excluding hydrogens is 340 g/mol. The van der Waals surface area contributed by atoms with Gasteiger partial charge in [-0.15, -0.1) is 0 Å². The first-order valence-corrected chi connectivity index (χ1v) is 10.3. The minimum atomic E-state index is -0.577. The molecule has 1 rings (SSSR count). The molecule has 0 bridgehead atoms. The van der Waals surface area contributed by atoms with Crippen molar-refractivity contribution in [3.63, 3.8) is 0 Å². The summed E-state index contributed by atoms with van der Waals surface area (Å²) in [6.07, 6.45) is 23.0. The number of carbonyl (C=O) groups is 1. The molecule has 0 amide bonds. The van der Waals surface area contributed by atoms with Crippen LogP contribution in [0.4, 0.5) is 0 Å². The lowest BCUT2D eigenvalue weighted by molar-refractivity contribution is -0.345. The topological polar surface area (TPSA) is 44.8 Å². The quantitative estimate of drug-likeness (QED) is 0.125. The Morgan fingerprint density at radius 1 is 0.963 bits per heavy atom. The van der Waals surface area contributed by atoms with Crippen molar-refractivity contribution >= 4 is 5.97 Å². The van der Waals surface area contributed by atoms with Gasteiger partial charge in [-0.1, -0.05) is 62.6 Å². The van der Waals surface area contributed by atoms with E-state index in [0.717, 1.165) is 38.5 Å². The van der Waals surface area contributed by atoms with Gasteiger partial charge < -0.3 is 4.74 Å². The minimum absolute atomic E-state index is 0.231. The highest BCUT2D eigenvalue weighted by Gasteiger charge is 2.47. The van der Waals surface area contributed by atoms with Gasteiger partial charge in [0.2, 0.25) is 0 Å². The normalized spacial score (nSPS) is 25.9. The number of allylic oxidation sites excluding steroid dienone is 6. The van der Waals surface area contributed by atoms with E-state index in [2.05, 4.69) is 50.3 Å². The summed E-state index contributed by atoms with van der Waals surface area (Å²) < 4.78 is 4.74. The molecule has 1 saturated heterocycles. The molecule has 2 atom stereocenters. The molecule has 0 aromatic rings. The molecule has 0 radical (unpaired) electrons. The first-order chi connectivity index (χ1) is 12.9. The molecule has 0 saturated carbocycles. The summed E-state index contributed by atoms with van der Waals surface area (Å²) in [5, 5.41) is 0. The number of methoxy groups -OCH3 is 1. The molecule has 1 fully saturated rings. The molecule has 0 unspecified atom stereocenters. The monoisotopic (exact) mass is 378 g/mol. The maximum absolute atomic E-state index is 11.5. The maximum atomic E-state index is 11.5. The zero-order chi connectivity index (χ0) is 20.0. The summed E-state index contributed by atoms with van der Waals surface area (Å²) in [6.45, 7) is 6.13. The molecular formula is C23H38O4. The number of hydrogen-bond donors (Lipinski definition) is 0. The van der Waals surface area contributed by atoms with E-state index in [9.17, 15) is 4.79 Å². The van der Waals surface area contributed by atoms with E-state index in [-0.39, 0.29) is 18.0 Å². The van der Waals surface area contributed by atoms with Crippen molar-refractivity contribution in [2.45, 2.75) is 96.2 Å². The number of carbonyl (C=O) groups excluding carboxylic acids is 1. The number of unbranched alkanes of at least 4 members (excludes halogenated alkanes) is 4. The van der Waals surface area contributed by atoms with Crippen LogP contribution in [0, 0.1) is 0 Å². The highest BCUT2D eigenvalue weighted by Crippen LogP contribution is 2.41. The van der Waals surface area contributed by atoms with Gasteiger partial charge >= 0.3 is 5.97 Å². The van der Waals surface area contributed by atoms with Crippen molar-refractivity contribution in [2.75, 3.05) is 7.11 Å². The molecule has 0 aromatic heterocycles. The molecule has 27 heavy (non-hydrogen) atoms. The van der Waals surface area contributed by atoms with E-state index in [1.807, 2.05) is 6.92 Å². The van der Waals surface area contributed by atoms with Crippen molar-refractivity contribution in [1.29, 1.82) is 0 Å². The van der Waals surface area contributed by atoms with E-state index < -0.39 is 5.60 Å². The largest absolute Gasteiger partial charge is 0.469 e. The van der Waals surface area contributed by atoms with Crippen LogP contribution in [0.1, 0.15) is 85.0 Å². The van der Waals surface area contributed by atoms with Crippen LogP contribution in [-0.4, -0.2) is 24.3 Å². The Labute approximate surface area is 165 Å².